The highest BCUT2D eigenvalue weighted by atomic mass is 19.4. The minimum atomic E-state index is -4.43. The zero-order chi connectivity index (χ0) is 16.2. The van der Waals surface area contributed by atoms with E-state index in [2.05, 4.69) is 5.32 Å². The molecule has 0 aromatic heterocycles. The highest BCUT2D eigenvalue weighted by Gasteiger charge is 2.38. The van der Waals surface area contributed by atoms with Gasteiger partial charge in [0.2, 0.25) is 11.8 Å². The van der Waals surface area contributed by atoms with E-state index in [9.17, 15) is 22.8 Å². The van der Waals surface area contributed by atoms with Gasteiger partial charge in [0, 0.05) is 19.0 Å². The lowest BCUT2D eigenvalue weighted by atomic mass is 10.2. The van der Waals surface area contributed by atoms with E-state index >= 15 is 0 Å². The zero-order valence-corrected chi connectivity index (χ0v) is 11.6. The molecule has 0 radical (unpaired) electrons. The lowest BCUT2D eigenvalue weighted by molar-refractivity contribution is -0.157. The van der Waals surface area contributed by atoms with Gasteiger partial charge in [0.05, 0.1) is 6.04 Å². The Kier molecular flexibility index (Phi) is 4.85. The highest BCUT2D eigenvalue weighted by molar-refractivity contribution is 5.92. The third kappa shape index (κ3) is 4.91. The van der Waals surface area contributed by atoms with Gasteiger partial charge in [0.15, 0.2) is 0 Å². The quantitative estimate of drug-likeness (QED) is 0.864. The summed E-state index contributed by atoms with van der Waals surface area (Å²) in [5.74, 6) is -1.04. The van der Waals surface area contributed by atoms with Crippen molar-refractivity contribution in [2.24, 2.45) is 0 Å². The molecule has 4 nitrogen and oxygen atoms in total. The van der Waals surface area contributed by atoms with Crippen LogP contribution in [-0.4, -0.2) is 42.0 Å². The number of carbonyl (C=O) groups is 2. The summed E-state index contributed by atoms with van der Waals surface area (Å²) in [6.45, 7) is -1.40. The summed E-state index contributed by atoms with van der Waals surface area (Å²) in [4.78, 5) is 23.9. The fourth-order valence-electron chi connectivity index (χ4n) is 2.22. The average Bonchev–Trinajstić information content (AvgIpc) is 2.75. The molecule has 1 atom stereocenters. The van der Waals surface area contributed by atoms with Crippen LogP contribution in [0.1, 0.15) is 12.0 Å². The molecule has 1 fully saturated rings. The molecule has 1 heterocycles. The molecule has 118 valence electrons. The van der Waals surface area contributed by atoms with E-state index in [1.54, 1.807) is 6.08 Å². The van der Waals surface area contributed by atoms with Crippen LogP contribution < -0.4 is 5.32 Å². The van der Waals surface area contributed by atoms with Crippen molar-refractivity contribution in [3.8, 4) is 0 Å². The number of rotatable bonds is 4. The van der Waals surface area contributed by atoms with E-state index in [0.717, 1.165) is 5.56 Å². The van der Waals surface area contributed by atoms with Crippen LogP contribution >= 0.6 is 0 Å². The van der Waals surface area contributed by atoms with Crippen LogP contribution in [-0.2, 0) is 9.59 Å². The van der Waals surface area contributed by atoms with Gasteiger partial charge in [-0.3, -0.25) is 9.59 Å². The number of nitrogens with one attached hydrogen (secondary N) is 1. The maximum Gasteiger partial charge on any atom is 0.406 e. The van der Waals surface area contributed by atoms with Crippen molar-refractivity contribution in [1.82, 2.24) is 10.2 Å². The topological polar surface area (TPSA) is 49.4 Å². The molecule has 0 spiro atoms. The molecule has 7 heteroatoms. The molecule has 0 bridgehead atoms. The Balaban J connectivity index is 1.85. The first-order valence-electron chi connectivity index (χ1n) is 6.71. The Hall–Kier alpha value is -2.31. The van der Waals surface area contributed by atoms with Crippen molar-refractivity contribution in [3.05, 3.63) is 42.0 Å². The maximum atomic E-state index is 12.3. The molecule has 1 unspecified atom stereocenters. The van der Waals surface area contributed by atoms with E-state index in [-0.39, 0.29) is 13.0 Å². The molecule has 1 aromatic rings. The Morgan fingerprint density at radius 2 is 2.00 bits per heavy atom. The van der Waals surface area contributed by atoms with Crippen molar-refractivity contribution >= 4 is 17.9 Å². The number of nitrogens with zero attached hydrogens (tertiary/aromatic N) is 1. The van der Waals surface area contributed by atoms with Gasteiger partial charge in [-0.2, -0.15) is 13.2 Å². The van der Waals surface area contributed by atoms with E-state index in [4.69, 9.17) is 0 Å². The average molecular weight is 312 g/mol. The van der Waals surface area contributed by atoms with Crippen molar-refractivity contribution in [1.29, 1.82) is 0 Å². The second-order valence-corrected chi connectivity index (χ2v) is 5.04. The number of hydrogen-bond acceptors (Lipinski definition) is 2. The molecule has 0 saturated carbocycles. The highest BCUT2D eigenvalue weighted by Crippen LogP contribution is 2.20. The molecule has 1 N–H and O–H groups in total. The van der Waals surface area contributed by atoms with Gasteiger partial charge in [-0.1, -0.05) is 30.3 Å². The predicted molar refractivity (Wildman–Crippen MR) is 74.7 cm³/mol. The summed E-state index contributed by atoms with van der Waals surface area (Å²) in [7, 11) is 0. The molecular weight excluding hydrogens is 297 g/mol. The van der Waals surface area contributed by atoms with E-state index < -0.39 is 30.6 Å². The first-order chi connectivity index (χ1) is 10.3. The van der Waals surface area contributed by atoms with Crippen LogP contribution in [0, 0.1) is 0 Å². The molecule has 1 saturated heterocycles. The van der Waals surface area contributed by atoms with Crippen LogP contribution in [0.2, 0.25) is 0 Å². The number of carbonyl (C=O) groups excluding carboxylic acids is 2. The fraction of sp³-hybridized carbons (Fsp3) is 0.333. The minimum absolute atomic E-state index is 0.110. The van der Waals surface area contributed by atoms with E-state index in [0.29, 0.717) is 4.90 Å². The zero-order valence-electron chi connectivity index (χ0n) is 11.6. The molecular formula is C15H15F3N2O2. The summed E-state index contributed by atoms with van der Waals surface area (Å²) in [5, 5.41) is 2.54. The summed E-state index contributed by atoms with van der Waals surface area (Å²) >= 11 is 0. The number of alkyl halides is 3. The van der Waals surface area contributed by atoms with Gasteiger partial charge in [-0.05, 0) is 11.6 Å². The van der Waals surface area contributed by atoms with Crippen molar-refractivity contribution in [2.45, 2.75) is 18.6 Å². The maximum absolute atomic E-state index is 12.3. The second-order valence-electron chi connectivity index (χ2n) is 5.04. The molecule has 22 heavy (non-hydrogen) atoms. The predicted octanol–water partition coefficient (Wildman–Crippen LogP) is 1.98. The monoisotopic (exact) mass is 312 g/mol. The number of halogens is 3. The molecule has 2 rings (SSSR count). The molecule has 1 aromatic carbocycles. The number of likely N-dealkylation sites (tertiary alicyclic amines) is 1. The number of benzene rings is 1. The van der Waals surface area contributed by atoms with Crippen LogP contribution in [0.3, 0.4) is 0 Å². The van der Waals surface area contributed by atoms with Gasteiger partial charge >= 0.3 is 6.18 Å². The summed E-state index contributed by atoms with van der Waals surface area (Å²) in [6, 6.07) is 8.52. The first-order valence-corrected chi connectivity index (χ1v) is 6.71. The van der Waals surface area contributed by atoms with Crippen LogP contribution in [0.4, 0.5) is 13.2 Å². The largest absolute Gasteiger partial charge is 0.406 e. The molecule has 1 aliphatic heterocycles. The molecule has 1 aliphatic rings. The SMILES string of the molecule is O=C(/C=C/c1ccccc1)NC1CC(=O)N(CC(F)(F)F)C1. The van der Waals surface area contributed by atoms with Gasteiger partial charge in [-0.15, -0.1) is 0 Å². The third-order valence-electron chi connectivity index (χ3n) is 3.16. The normalized spacial score (nSPS) is 19.0. The summed E-state index contributed by atoms with van der Waals surface area (Å²) in [6.07, 6.45) is -1.64. The Morgan fingerprint density at radius 1 is 1.32 bits per heavy atom. The fourth-order valence-corrected chi connectivity index (χ4v) is 2.22. The standard InChI is InChI=1S/C15H15F3N2O2/c16-15(17,18)10-20-9-12(8-14(20)22)19-13(21)7-6-11-4-2-1-3-5-11/h1-7,12H,8-10H2,(H,19,21)/b7-6+. The summed E-state index contributed by atoms with van der Waals surface area (Å²) in [5.41, 5.74) is 0.832. The number of amides is 2. The van der Waals surface area contributed by atoms with Crippen LogP contribution in [0.5, 0.6) is 0 Å². The van der Waals surface area contributed by atoms with Crippen LogP contribution in [0.25, 0.3) is 6.08 Å². The second kappa shape index (κ2) is 6.64. The van der Waals surface area contributed by atoms with Gasteiger partial charge in [0.1, 0.15) is 6.54 Å². The third-order valence-corrected chi connectivity index (χ3v) is 3.16. The van der Waals surface area contributed by atoms with Crippen LogP contribution in [0.15, 0.2) is 36.4 Å². The minimum Gasteiger partial charge on any atom is -0.348 e. The number of hydrogen-bond donors (Lipinski definition) is 1. The van der Waals surface area contributed by atoms with Gasteiger partial charge in [-0.25, -0.2) is 0 Å². The van der Waals surface area contributed by atoms with Crippen molar-refractivity contribution in [3.63, 3.8) is 0 Å². The van der Waals surface area contributed by atoms with Crippen molar-refractivity contribution in [2.75, 3.05) is 13.1 Å². The molecule has 2 amide bonds. The van der Waals surface area contributed by atoms with Gasteiger partial charge < -0.3 is 10.2 Å². The van der Waals surface area contributed by atoms with Crippen molar-refractivity contribution < 1.29 is 22.8 Å². The first kappa shape index (κ1) is 16.1. The van der Waals surface area contributed by atoms with E-state index in [1.165, 1.54) is 6.08 Å². The van der Waals surface area contributed by atoms with E-state index in [1.807, 2.05) is 30.3 Å². The smallest absolute Gasteiger partial charge is 0.348 e. The molecule has 0 aliphatic carbocycles. The Bertz CT molecular complexity index is 570. The summed E-state index contributed by atoms with van der Waals surface area (Å²) < 4.78 is 36.9. The lowest BCUT2D eigenvalue weighted by Gasteiger charge is -2.18. The Morgan fingerprint density at radius 3 is 2.64 bits per heavy atom. The Labute approximate surface area is 125 Å². The lowest BCUT2D eigenvalue weighted by Crippen LogP contribution is -2.39. The van der Waals surface area contributed by atoms with Gasteiger partial charge in [0.25, 0.3) is 0 Å².